The van der Waals surface area contributed by atoms with E-state index in [2.05, 4.69) is 44.3 Å². The minimum atomic E-state index is -0.257. The molecule has 1 N–H and O–H groups in total. The highest BCUT2D eigenvalue weighted by Gasteiger charge is 2.46. The molecule has 0 radical (unpaired) electrons. The van der Waals surface area contributed by atoms with Crippen molar-refractivity contribution in [3.05, 3.63) is 35.9 Å². The summed E-state index contributed by atoms with van der Waals surface area (Å²) < 4.78 is 0. The van der Waals surface area contributed by atoms with Crippen molar-refractivity contribution in [1.29, 1.82) is 5.26 Å². The quantitative estimate of drug-likeness (QED) is 0.847. The van der Waals surface area contributed by atoms with E-state index in [0.717, 1.165) is 18.8 Å². The highest BCUT2D eigenvalue weighted by atomic mass is 15.0. The van der Waals surface area contributed by atoms with Crippen LogP contribution in [0.4, 0.5) is 0 Å². The van der Waals surface area contributed by atoms with Gasteiger partial charge in [0.2, 0.25) is 0 Å². The maximum atomic E-state index is 9.57. The Morgan fingerprint density at radius 2 is 1.85 bits per heavy atom. The number of nitrogens with one attached hydrogen (secondary N) is 1. The third kappa shape index (κ3) is 2.88. The van der Waals surface area contributed by atoms with Crippen molar-refractivity contribution in [2.45, 2.75) is 64.0 Å². The zero-order valence-corrected chi connectivity index (χ0v) is 12.9. The summed E-state index contributed by atoms with van der Waals surface area (Å²) in [5, 5.41) is 13.3. The molecule has 1 aromatic carbocycles. The summed E-state index contributed by atoms with van der Waals surface area (Å²) in [5.41, 5.74) is 0.919. The summed E-state index contributed by atoms with van der Waals surface area (Å²) in [6.45, 7) is 6.81. The van der Waals surface area contributed by atoms with Gasteiger partial charge in [-0.25, -0.2) is 0 Å². The van der Waals surface area contributed by atoms with E-state index in [4.69, 9.17) is 0 Å². The van der Waals surface area contributed by atoms with Gasteiger partial charge in [-0.15, -0.1) is 0 Å². The summed E-state index contributed by atoms with van der Waals surface area (Å²) in [6, 6.07) is 13.8. The van der Waals surface area contributed by atoms with Crippen LogP contribution in [0.5, 0.6) is 0 Å². The van der Waals surface area contributed by atoms with Crippen LogP contribution in [-0.4, -0.2) is 12.1 Å². The molecule has 108 valence electrons. The van der Waals surface area contributed by atoms with Gasteiger partial charge in [-0.2, -0.15) is 5.26 Å². The van der Waals surface area contributed by atoms with Gasteiger partial charge < -0.3 is 5.32 Å². The molecule has 1 aliphatic rings. The standard InChI is InChI=1S/C18H26N2/c1-4-15(5-2)14(3)20-17-11-18(12-17,13-19)16-9-7-6-8-10-16/h6-10,14-15,17,20H,4-5,11-12H2,1-3H3. The van der Waals surface area contributed by atoms with Crippen LogP contribution in [0, 0.1) is 17.2 Å². The molecule has 1 atom stereocenters. The van der Waals surface area contributed by atoms with Crippen LogP contribution >= 0.6 is 0 Å². The highest BCUT2D eigenvalue weighted by Crippen LogP contribution is 2.43. The van der Waals surface area contributed by atoms with Crippen LogP contribution in [0.1, 0.15) is 52.0 Å². The van der Waals surface area contributed by atoms with E-state index in [1.54, 1.807) is 0 Å². The lowest BCUT2D eigenvalue weighted by Crippen LogP contribution is -2.54. The van der Waals surface area contributed by atoms with E-state index in [1.165, 1.54) is 18.4 Å². The molecule has 1 fully saturated rings. The summed E-state index contributed by atoms with van der Waals surface area (Å²) in [5.74, 6) is 0.740. The second kappa shape index (κ2) is 6.41. The highest BCUT2D eigenvalue weighted by molar-refractivity contribution is 5.36. The van der Waals surface area contributed by atoms with Gasteiger partial charge in [0.15, 0.2) is 0 Å². The van der Waals surface area contributed by atoms with Crippen LogP contribution in [-0.2, 0) is 5.41 Å². The first-order valence-electron chi connectivity index (χ1n) is 7.88. The lowest BCUT2D eigenvalue weighted by molar-refractivity contribution is 0.190. The zero-order valence-electron chi connectivity index (χ0n) is 12.9. The fourth-order valence-corrected chi connectivity index (χ4v) is 3.55. The predicted molar refractivity (Wildman–Crippen MR) is 83.4 cm³/mol. The molecule has 2 heteroatoms. The Kier molecular flexibility index (Phi) is 4.83. The molecule has 2 nitrogen and oxygen atoms in total. The van der Waals surface area contributed by atoms with E-state index < -0.39 is 0 Å². The normalized spacial score (nSPS) is 26.9. The Labute approximate surface area is 123 Å². The van der Waals surface area contributed by atoms with E-state index in [0.29, 0.717) is 12.1 Å². The molecule has 1 unspecified atom stereocenters. The summed E-state index contributed by atoms with van der Waals surface area (Å²) in [4.78, 5) is 0. The van der Waals surface area contributed by atoms with Crippen LogP contribution in [0.15, 0.2) is 30.3 Å². The molecule has 0 saturated heterocycles. The molecule has 1 saturated carbocycles. The van der Waals surface area contributed by atoms with Gasteiger partial charge in [0.25, 0.3) is 0 Å². The first-order valence-corrected chi connectivity index (χ1v) is 7.88. The number of rotatable bonds is 6. The fraction of sp³-hybridized carbons (Fsp3) is 0.611. The van der Waals surface area contributed by atoms with Gasteiger partial charge in [0, 0.05) is 12.1 Å². The molecule has 0 heterocycles. The number of nitrogens with zero attached hydrogens (tertiary/aromatic N) is 1. The van der Waals surface area contributed by atoms with E-state index in [-0.39, 0.29) is 5.41 Å². The van der Waals surface area contributed by atoms with Crippen molar-refractivity contribution >= 4 is 0 Å². The molecule has 20 heavy (non-hydrogen) atoms. The lowest BCUT2D eigenvalue weighted by atomic mass is 9.62. The molecule has 0 amide bonds. The number of nitriles is 1. The summed E-state index contributed by atoms with van der Waals surface area (Å²) in [6.07, 6.45) is 4.33. The molecule has 0 aromatic heterocycles. The van der Waals surface area contributed by atoms with Gasteiger partial charge in [-0.1, -0.05) is 57.0 Å². The van der Waals surface area contributed by atoms with Crippen molar-refractivity contribution in [1.82, 2.24) is 5.32 Å². The number of hydrogen-bond acceptors (Lipinski definition) is 2. The average Bonchev–Trinajstić information content (AvgIpc) is 2.44. The molecular formula is C18H26N2. The Morgan fingerprint density at radius 1 is 1.25 bits per heavy atom. The van der Waals surface area contributed by atoms with Crippen molar-refractivity contribution in [3.63, 3.8) is 0 Å². The van der Waals surface area contributed by atoms with Crippen molar-refractivity contribution < 1.29 is 0 Å². The average molecular weight is 270 g/mol. The Morgan fingerprint density at radius 3 is 2.35 bits per heavy atom. The first-order chi connectivity index (χ1) is 9.65. The van der Waals surface area contributed by atoms with Crippen LogP contribution in [0.25, 0.3) is 0 Å². The maximum Gasteiger partial charge on any atom is 0.0852 e. The maximum absolute atomic E-state index is 9.57. The third-order valence-electron chi connectivity index (χ3n) is 4.98. The lowest BCUT2D eigenvalue weighted by Gasteiger charge is -2.45. The monoisotopic (exact) mass is 270 g/mol. The third-order valence-corrected chi connectivity index (χ3v) is 4.98. The SMILES string of the molecule is CCC(CC)C(C)NC1CC(C#N)(c2ccccc2)C1. The smallest absolute Gasteiger partial charge is 0.0852 e. The van der Waals surface area contributed by atoms with E-state index >= 15 is 0 Å². The van der Waals surface area contributed by atoms with Crippen molar-refractivity contribution in [3.8, 4) is 6.07 Å². The molecule has 0 aliphatic heterocycles. The topological polar surface area (TPSA) is 35.8 Å². The number of hydrogen-bond donors (Lipinski definition) is 1. The van der Waals surface area contributed by atoms with Crippen LogP contribution in [0.2, 0.25) is 0 Å². The van der Waals surface area contributed by atoms with Gasteiger partial charge in [-0.3, -0.25) is 0 Å². The molecular weight excluding hydrogens is 244 g/mol. The molecule has 0 bridgehead atoms. The van der Waals surface area contributed by atoms with Crippen molar-refractivity contribution in [2.24, 2.45) is 5.92 Å². The first kappa shape index (κ1) is 15.1. The molecule has 1 aromatic rings. The van der Waals surface area contributed by atoms with E-state index in [1.807, 2.05) is 18.2 Å². The largest absolute Gasteiger partial charge is 0.311 e. The second-order valence-corrected chi connectivity index (χ2v) is 6.20. The predicted octanol–water partition coefficient (Wildman–Crippen LogP) is 4.02. The van der Waals surface area contributed by atoms with Crippen molar-refractivity contribution in [2.75, 3.05) is 0 Å². The molecule has 2 rings (SSSR count). The Balaban J connectivity index is 1.94. The van der Waals surface area contributed by atoms with Crippen LogP contribution in [0.3, 0.4) is 0 Å². The molecule has 1 aliphatic carbocycles. The zero-order chi connectivity index (χ0) is 14.6. The van der Waals surface area contributed by atoms with Gasteiger partial charge in [0.1, 0.15) is 0 Å². The Hall–Kier alpha value is -1.33. The van der Waals surface area contributed by atoms with Gasteiger partial charge in [0.05, 0.1) is 11.5 Å². The van der Waals surface area contributed by atoms with Crippen LogP contribution < -0.4 is 5.32 Å². The second-order valence-electron chi connectivity index (χ2n) is 6.20. The van der Waals surface area contributed by atoms with E-state index in [9.17, 15) is 5.26 Å². The summed E-state index contributed by atoms with van der Waals surface area (Å²) in [7, 11) is 0. The van der Waals surface area contributed by atoms with Gasteiger partial charge in [-0.05, 0) is 31.2 Å². The van der Waals surface area contributed by atoms with Gasteiger partial charge >= 0.3 is 0 Å². The molecule has 0 spiro atoms. The number of benzene rings is 1. The minimum Gasteiger partial charge on any atom is -0.311 e. The Bertz CT molecular complexity index is 450. The fourth-order valence-electron chi connectivity index (χ4n) is 3.55. The summed E-state index contributed by atoms with van der Waals surface area (Å²) >= 11 is 0. The minimum absolute atomic E-state index is 0.257.